The second kappa shape index (κ2) is 5.25. The molecule has 0 fully saturated rings. The maximum absolute atomic E-state index is 6.66. The van der Waals surface area contributed by atoms with Crippen molar-refractivity contribution in [3.05, 3.63) is 34.9 Å². The smallest absolute Gasteiger partial charge is 0.0593 e. The number of halogens is 1. The molecule has 0 aromatic heterocycles. The highest BCUT2D eigenvalue weighted by Crippen LogP contribution is 2.43. The molecule has 0 spiro atoms. The molecule has 1 aliphatic rings. The third-order valence-corrected chi connectivity index (χ3v) is 4.88. The van der Waals surface area contributed by atoms with E-state index in [9.17, 15) is 0 Å². The highest BCUT2D eigenvalue weighted by atomic mass is 35.5. The molecule has 0 nitrogen and oxygen atoms in total. The second-order valence-corrected chi connectivity index (χ2v) is 7.13. The first-order valence-electron chi connectivity index (χ1n) is 7.20. The molecule has 0 aliphatic heterocycles. The Morgan fingerprint density at radius 2 is 2.11 bits per heavy atom. The molecule has 2 unspecified atom stereocenters. The molecule has 0 heterocycles. The summed E-state index contributed by atoms with van der Waals surface area (Å²) in [5.74, 6) is 0.635. The maximum atomic E-state index is 6.66. The fourth-order valence-corrected chi connectivity index (χ4v) is 3.47. The summed E-state index contributed by atoms with van der Waals surface area (Å²) in [6.07, 6.45) is 4.70. The van der Waals surface area contributed by atoms with Gasteiger partial charge in [-0.25, -0.2) is 0 Å². The van der Waals surface area contributed by atoms with E-state index in [-0.39, 0.29) is 5.38 Å². The molecule has 0 saturated carbocycles. The van der Waals surface area contributed by atoms with Crippen LogP contribution in [-0.4, -0.2) is 0 Å². The average molecular weight is 265 g/mol. The van der Waals surface area contributed by atoms with Crippen molar-refractivity contribution >= 4 is 11.6 Å². The van der Waals surface area contributed by atoms with Gasteiger partial charge in [-0.05, 0) is 53.7 Å². The summed E-state index contributed by atoms with van der Waals surface area (Å²) in [5, 5.41) is 0.182. The fraction of sp³-hybridized carbons (Fsp3) is 0.647. The van der Waals surface area contributed by atoms with Gasteiger partial charge in [0.2, 0.25) is 0 Å². The minimum atomic E-state index is 0.182. The minimum absolute atomic E-state index is 0.182. The SMILES string of the molecule is CCC(C)c1ccc2c(c1)C(Cl)CC(C)(C)CC2. The molecule has 18 heavy (non-hydrogen) atoms. The van der Waals surface area contributed by atoms with E-state index in [1.807, 2.05) is 0 Å². The zero-order valence-electron chi connectivity index (χ0n) is 12.1. The Labute approximate surface area is 117 Å². The van der Waals surface area contributed by atoms with Crippen LogP contribution >= 0.6 is 11.6 Å². The Kier molecular flexibility index (Phi) is 4.06. The summed E-state index contributed by atoms with van der Waals surface area (Å²) in [6.45, 7) is 9.22. The van der Waals surface area contributed by atoms with Crippen LogP contribution in [0.3, 0.4) is 0 Å². The Morgan fingerprint density at radius 1 is 1.39 bits per heavy atom. The first-order valence-corrected chi connectivity index (χ1v) is 7.63. The Hall–Kier alpha value is -0.490. The molecule has 1 aromatic carbocycles. The van der Waals surface area contributed by atoms with Gasteiger partial charge in [0.15, 0.2) is 0 Å². The quantitative estimate of drug-likeness (QED) is 0.465. The van der Waals surface area contributed by atoms with Crippen molar-refractivity contribution in [2.75, 3.05) is 0 Å². The lowest BCUT2D eigenvalue weighted by molar-refractivity contribution is 0.313. The molecule has 1 heteroatoms. The third-order valence-electron chi connectivity index (χ3n) is 4.49. The van der Waals surface area contributed by atoms with E-state index in [1.54, 1.807) is 0 Å². The van der Waals surface area contributed by atoms with E-state index in [0.29, 0.717) is 11.3 Å². The zero-order chi connectivity index (χ0) is 13.3. The lowest BCUT2D eigenvalue weighted by atomic mass is 9.84. The van der Waals surface area contributed by atoms with Gasteiger partial charge in [0.1, 0.15) is 0 Å². The third kappa shape index (κ3) is 2.91. The number of benzene rings is 1. The van der Waals surface area contributed by atoms with Gasteiger partial charge in [0.05, 0.1) is 5.38 Å². The van der Waals surface area contributed by atoms with Gasteiger partial charge >= 0.3 is 0 Å². The summed E-state index contributed by atoms with van der Waals surface area (Å²) in [5.41, 5.74) is 4.66. The topological polar surface area (TPSA) is 0 Å². The van der Waals surface area contributed by atoms with Crippen LogP contribution < -0.4 is 0 Å². The summed E-state index contributed by atoms with van der Waals surface area (Å²) in [7, 11) is 0. The van der Waals surface area contributed by atoms with Crippen molar-refractivity contribution in [3.63, 3.8) is 0 Å². The standard InChI is InChI=1S/C17H25Cl/c1-5-12(2)14-7-6-13-8-9-17(3,4)11-16(18)15(13)10-14/h6-7,10,12,16H,5,8-9,11H2,1-4H3. The second-order valence-electron chi connectivity index (χ2n) is 6.60. The molecule has 0 bridgehead atoms. The molecule has 0 N–H and O–H groups in total. The first kappa shape index (κ1) is 13.9. The average Bonchev–Trinajstić information content (AvgIpc) is 2.45. The van der Waals surface area contributed by atoms with Gasteiger partial charge in [-0.15, -0.1) is 11.6 Å². The van der Waals surface area contributed by atoms with E-state index in [2.05, 4.69) is 45.9 Å². The molecule has 0 radical (unpaired) electrons. The van der Waals surface area contributed by atoms with Gasteiger partial charge in [-0.3, -0.25) is 0 Å². The predicted molar refractivity (Wildman–Crippen MR) is 80.5 cm³/mol. The maximum Gasteiger partial charge on any atom is 0.0593 e. The van der Waals surface area contributed by atoms with Gasteiger partial charge in [0, 0.05) is 0 Å². The van der Waals surface area contributed by atoms with Crippen LogP contribution in [0.4, 0.5) is 0 Å². The van der Waals surface area contributed by atoms with E-state index in [4.69, 9.17) is 11.6 Å². The predicted octanol–water partition coefficient (Wildman–Crippen LogP) is 5.84. The van der Waals surface area contributed by atoms with Crippen LogP contribution in [0, 0.1) is 5.41 Å². The van der Waals surface area contributed by atoms with E-state index >= 15 is 0 Å². The van der Waals surface area contributed by atoms with Crippen molar-refractivity contribution in [1.29, 1.82) is 0 Å². The molecule has 100 valence electrons. The molecule has 2 atom stereocenters. The Bertz CT molecular complexity index is 420. The Morgan fingerprint density at radius 3 is 2.78 bits per heavy atom. The van der Waals surface area contributed by atoms with E-state index in [0.717, 1.165) is 6.42 Å². The molecular weight excluding hydrogens is 240 g/mol. The van der Waals surface area contributed by atoms with E-state index < -0.39 is 0 Å². The van der Waals surface area contributed by atoms with Gasteiger partial charge in [-0.2, -0.15) is 0 Å². The van der Waals surface area contributed by atoms with Crippen LogP contribution in [0.25, 0.3) is 0 Å². The first-order chi connectivity index (χ1) is 8.43. The van der Waals surface area contributed by atoms with Crippen LogP contribution in [-0.2, 0) is 6.42 Å². The summed E-state index contributed by atoms with van der Waals surface area (Å²) in [6, 6.07) is 6.98. The molecule has 1 aromatic rings. The normalized spacial score (nSPS) is 24.2. The molecule has 0 amide bonds. The monoisotopic (exact) mass is 264 g/mol. The van der Waals surface area contributed by atoms with Gasteiger partial charge in [-0.1, -0.05) is 45.9 Å². The van der Waals surface area contributed by atoms with Crippen LogP contribution in [0.2, 0.25) is 0 Å². The number of fused-ring (bicyclic) bond motifs is 1. The van der Waals surface area contributed by atoms with Crippen molar-refractivity contribution in [2.45, 2.75) is 64.7 Å². The van der Waals surface area contributed by atoms with Crippen molar-refractivity contribution < 1.29 is 0 Å². The molecule has 0 saturated heterocycles. The number of alkyl halides is 1. The van der Waals surface area contributed by atoms with Crippen molar-refractivity contribution in [1.82, 2.24) is 0 Å². The number of rotatable bonds is 2. The number of hydrogen-bond acceptors (Lipinski definition) is 0. The van der Waals surface area contributed by atoms with Crippen molar-refractivity contribution in [3.8, 4) is 0 Å². The highest BCUT2D eigenvalue weighted by Gasteiger charge is 2.28. The molecule has 2 rings (SSSR count). The highest BCUT2D eigenvalue weighted by molar-refractivity contribution is 6.21. The van der Waals surface area contributed by atoms with Crippen molar-refractivity contribution in [2.24, 2.45) is 5.41 Å². The van der Waals surface area contributed by atoms with Crippen LogP contribution in [0.15, 0.2) is 18.2 Å². The Balaban J connectivity index is 2.35. The van der Waals surface area contributed by atoms with Gasteiger partial charge in [0.25, 0.3) is 0 Å². The largest absolute Gasteiger partial charge is 0.118 e. The lowest BCUT2D eigenvalue weighted by Gasteiger charge is -2.23. The summed E-state index contributed by atoms with van der Waals surface area (Å²) < 4.78 is 0. The molecule has 1 aliphatic carbocycles. The molecular formula is C17H25Cl. The minimum Gasteiger partial charge on any atom is -0.118 e. The summed E-state index contributed by atoms with van der Waals surface area (Å²) >= 11 is 6.66. The van der Waals surface area contributed by atoms with Gasteiger partial charge < -0.3 is 0 Å². The number of aryl methyl sites for hydroxylation is 1. The zero-order valence-corrected chi connectivity index (χ0v) is 12.8. The lowest BCUT2D eigenvalue weighted by Crippen LogP contribution is -2.11. The number of hydrogen-bond donors (Lipinski definition) is 0. The van der Waals surface area contributed by atoms with Crippen LogP contribution in [0.1, 0.15) is 74.9 Å². The fourth-order valence-electron chi connectivity index (χ4n) is 2.85. The van der Waals surface area contributed by atoms with E-state index in [1.165, 1.54) is 36.0 Å². The summed E-state index contributed by atoms with van der Waals surface area (Å²) in [4.78, 5) is 0. The van der Waals surface area contributed by atoms with Crippen LogP contribution in [0.5, 0.6) is 0 Å².